The number of likely N-dealkylation sites (N-methyl/N-ethyl adjacent to an activating group) is 1. The summed E-state index contributed by atoms with van der Waals surface area (Å²) in [6, 6.07) is 3.13. The molecule has 12 heteroatoms. The number of aliphatic hydroxyl groups excluding tert-OH is 2. The van der Waals surface area contributed by atoms with E-state index >= 15 is 0 Å². The van der Waals surface area contributed by atoms with Crippen molar-refractivity contribution in [1.82, 2.24) is 4.90 Å². The van der Waals surface area contributed by atoms with E-state index in [1.54, 1.807) is 6.08 Å². The molecule has 0 unspecified atom stereocenters. The molecule has 12 nitrogen and oxygen atoms in total. The summed E-state index contributed by atoms with van der Waals surface area (Å²) >= 11 is 0. The number of aliphatic carboxylic acids is 1. The van der Waals surface area contributed by atoms with Gasteiger partial charge in [-0.1, -0.05) is 6.07 Å². The third-order valence-corrected chi connectivity index (χ3v) is 7.99. The number of benzene rings is 1. The van der Waals surface area contributed by atoms with Crippen LogP contribution >= 0.6 is 0 Å². The zero-order valence-electron chi connectivity index (χ0n) is 19.6. The van der Waals surface area contributed by atoms with E-state index in [1.165, 1.54) is 13.0 Å². The predicted molar refractivity (Wildman–Crippen MR) is 118 cm³/mol. The molecule has 2 bridgehead atoms. The summed E-state index contributed by atoms with van der Waals surface area (Å²) in [5, 5.41) is 50.3. The maximum Gasteiger partial charge on any atom is 0.352 e. The number of hydrogen-bond donors (Lipinski definition) is 5. The summed E-state index contributed by atoms with van der Waals surface area (Å²) < 4.78 is 16.5. The van der Waals surface area contributed by atoms with E-state index in [0.717, 1.165) is 5.56 Å². The van der Waals surface area contributed by atoms with Crippen LogP contribution in [-0.4, -0.2) is 98.0 Å². The van der Waals surface area contributed by atoms with Gasteiger partial charge in [0.1, 0.15) is 5.76 Å². The van der Waals surface area contributed by atoms with Crippen molar-refractivity contribution in [2.75, 3.05) is 13.6 Å². The van der Waals surface area contributed by atoms with Gasteiger partial charge in [0.15, 0.2) is 35.9 Å². The van der Waals surface area contributed by atoms with Gasteiger partial charge in [-0.25, -0.2) is 14.4 Å². The number of esters is 2. The zero-order chi connectivity index (χ0) is 26.2. The summed E-state index contributed by atoms with van der Waals surface area (Å²) in [7, 11) is 1.94. The molecule has 36 heavy (non-hydrogen) atoms. The van der Waals surface area contributed by atoms with E-state index in [4.69, 9.17) is 19.3 Å². The topological polar surface area (TPSA) is 183 Å². The summed E-state index contributed by atoms with van der Waals surface area (Å²) in [6.07, 6.45) is -4.56. The highest BCUT2D eigenvalue weighted by atomic mass is 16.6. The molecule has 4 aliphatic rings. The van der Waals surface area contributed by atoms with Crippen molar-refractivity contribution < 1.29 is 54.1 Å². The molecule has 0 aromatic heterocycles. The Morgan fingerprint density at radius 3 is 2.61 bits per heavy atom. The third-order valence-electron chi connectivity index (χ3n) is 7.99. The molecule has 0 saturated carbocycles. The Balaban J connectivity index is 1.42. The van der Waals surface area contributed by atoms with Crippen LogP contribution < -0.4 is 4.74 Å². The normalized spacial score (nSPS) is 32.3. The molecule has 1 aromatic carbocycles. The van der Waals surface area contributed by atoms with Crippen LogP contribution in [0, 0.1) is 0 Å². The molecule has 1 spiro atoms. The number of carboxylic acids is 1. The minimum atomic E-state index is -2.42. The first-order chi connectivity index (χ1) is 16.9. The maximum atomic E-state index is 12.8. The summed E-state index contributed by atoms with van der Waals surface area (Å²) in [4.78, 5) is 37.6. The second-order valence-corrected chi connectivity index (χ2v) is 9.83. The quantitative estimate of drug-likeness (QED) is 0.296. The number of rotatable bonds is 6. The molecule has 2 aliphatic carbocycles. The fraction of sp³-hybridized carbons (Fsp3) is 0.542. The second-order valence-electron chi connectivity index (χ2n) is 9.83. The van der Waals surface area contributed by atoms with Gasteiger partial charge in [-0.2, -0.15) is 0 Å². The van der Waals surface area contributed by atoms with E-state index in [9.17, 15) is 34.8 Å². The average Bonchev–Trinajstić information content (AvgIpc) is 3.19. The third kappa shape index (κ3) is 3.18. The lowest BCUT2D eigenvalue weighted by atomic mass is 9.50. The Kier molecular flexibility index (Phi) is 5.56. The molecule has 1 fully saturated rings. The predicted octanol–water partition coefficient (Wildman–Crippen LogP) is -1.05. The number of aromatic hydroxyl groups is 1. The fourth-order valence-electron chi connectivity index (χ4n) is 6.19. The van der Waals surface area contributed by atoms with Crippen molar-refractivity contribution in [3.63, 3.8) is 0 Å². The standard InChI is InChI=1S/C24H27NO11/c1-10(34-22(32)17(28)16(27)20(29)30)21(31)35-13-5-6-24(33)14-9-11-3-4-12(26)18-15(11)23(24,19(13)36-18)7-8-25(14)2/h3-5,10,14,16-17,19,26-28,33H,6-9H2,1-2H3,(H,29,30)/t10-,14+,16+,17+,19-,23-,24+/m0/s1. The molecule has 7 atom stereocenters. The van der Waals surface area contributed by atoms with Gasteiger partial charge < -0.3 is 44.6 Å². The Hall–Kier alpha value is -3.19. The van der Waals surface area contributed by atoms with Crippen molar-refractivity contribution in [1.29, 1.82) is 0 Å². The van der Waals surface area contributed by atoms with E-state index in [1.807, 2.05) is 13.1 Å². The zero-order valence-corrected chi connectivity index (χ0v) is 19.6. The van der Waals surface area contributed by atoms with Crippen molar-refractivity contribution in [3.8, 4) is 11.5 Å². The summed E-state index contributed by atoms with van der Waals surface area (Å²) in [6.45, 7) is 1.80. The smallest absolute Gasteiger partial charge is 0.352 e. The molecule has 0 amide bonds. The van der Waals surface area contributed by atoms with Crippen LogP contribution in [0.1, 0.15) is 30.9 Å². The molecule has 1 aromatic rings. The first-order valence-corrected chi connectivity index (χ1v) is 11.6. The number of carboxylic acid groups (broad SMARTS) is 1. The van der Waals surface area contributed by atoms with Crippen LogP contribution in [0.3, 0.4) is 0 Å². The number of aliphatic hydroxyl groups is 3. The van der Waals surface area contributed by atoms with Crippen LogP contribution in [0.5, 0.6) is 11.5 Å². The first kappa shape index (κ1) is 24.5. The van der Waals surface area contributed by atoms with Crippen molar-refractivity contribution >= 4 is 17.9 Å². The lowest BCUT2D eigenvalue weighted by Crippen LogP contribution is -2.74. The SMILES string of the molecule is C[C@H](OC(=O)[C@H](O)[C@@H](O)C(=O)O)C(=O)OC1=CC[C@@]2(O)[C@H]3Cc4ccc(O)c5c4[C@@]2(CCN3C)[C@H]1O5. The van der Waals surface area contributed by atoms with E-state index in [0.29, 0.717) is 24.9 Å². The largest absolute Gasteiger partial charge is 0.504 e. The van der Waals surface area contributed by atoms with E-state index in [2.05, 4.69) is 4.90 Å². The highest BCUT2D eigenvalue weighted by molar-refractivity contribution is 5.86. The van der Waals surface area contributed by atoms with Gasteiger partial charge in [-0.3, -0.25) is 0 Å². The Labute approximate surface area is 205 Å². The highest BCUT2D eigenvalue weighted by Gasteiger charge is 2.72. The molecule has 2 aliphatic heterocycles. The number of carbonyl (C=O) groups excluding carboxylic acids is 2. The van der Waals surface area contributed by atoms with Gasteiger partial charge >= 0.3 is 17.9 Å². The van der Waals surface area contributed by atoms with Gasteiger partial charge in [0.2, 0.25) is 0 Å². The second kappa shape index (κ2) is 8.17. The number of likely N-dealkylation sites (tertiary alicyclic amines) is 1. The van der Waals surface area contributed by atoms with Crippen molar-refractivity contribution in [2.24, 2.45) is 0 Å². The Morgan fingerprint density at radius 2 is 1.92 bits per heavy atom. The number of piperidine rings is 1. The van der Waals surface area contributed by atoms with Crippen molar-refractivity contribution in [2.45, 2.75) is 67.7 Å². The van der Waals surface area contributed by atoms with Crippen LogP contribution in [0.4, 0.5) is 0 Å². The minimum Gasteiger partial charge on any atom is -0.504 e. The first-order valence-electron chi connectivity index (χ1n) is 11.6. The minimum absolute atomic E-state index is 0.0868. The molecular formula is C24H27NO11. The van der Waals surface area contributed by atoms with Gasteiger partial charge in [0.05, 0.1) is 11.0 Å². The van der Waals surface area contributed by atoms with Gasteiger partial charge in [0, 0.05) is 18.0 Å². The maximum absolute atomic E-state index is 12.8. The molecule has 2 heterocycles. The molecule has 1 saturated heterocycles. The number of ether oxygens (including phenoxy) is 3. The van der Waals surface area contributed by atoms with Crippen LogP contribution in [0.15, 0.2) is 24.0 Å². The molecule has 194 valence electrons. The number of nitrogens with zero attached hydrogens (tertiary/aromatic N) is 1. The van der Waals surface area contributed by atoms with Crippen LogP contribution in [-0.2, 0) is 35.7 Å². The summed E-state index contributed by atoms with van der Waals surface area (Å²) in [5.41, 5.74) is -0.571. The Bertz CT molecular complexity index is 1180. The molecule has 5 rings (SSSR count). The number of carbonyl (C=O) groups is 3. The molecule has 0 radical (unpaired) electrons. The van der Waals surface area contributed by atoms with Crippen molar-refractivity contribution in [3.05, 3.63) is 35.1 Å². The van der Waals surface area contributed by atoms with Gasteiger partial charge in [0.25, 0.3) is 0 Å². The number of hydrogen-bond acceptors (Lipinski definition) is 11. The lowest BCUT2D eigenvalue weighted by molar-refractivity contribution is -0.182. The monoisotopic (exact) mass is 505 g/mol. The fourth-order valence-corrected chi connectivity index (χ4v) is 6.19. The number of phenolic OH excluding ortho intramolecular Hbond substituents is 1. The van der Waals surface area contributed by atoms with E-state index in [-0.39, 0.29) is 29.7 Å². The average molecular weight is 505 g/mol. The van der Waals surface area contributed by atoms with E-state index < -0.39 is 53.3 Å². The van der Waals surface area contributed by atoms with Gasteiger partial charge in [-0.15, -0.1) is 0 Å². The van der Waals surface area contributed by atoms with Gasteiger partial charge in [-0.05, 0) is 51.1 Å². The highest BCUT2D eigenvalue weighted by Crippen LogP contribution is 2.65. The lowest BCUT2D eigenvalue weighted by Gasteiger charge is -2.61. The Morgan fingerprint density at radius 1 is 1.19 bits per heavy atom. The molecule has 5 N–H and O–H groups in total. The number of phenols is 1. The molecular weight excluding hydrogens is 478 g/mol. The summed E-state index contributed by atoms with van der Waals surface area (Å²) in [5.74, 6) is -4.13. The van der Waals surface area contributed by atoms with Crippen LogP contribution in [0.25, 0.3) is 0 Å². The van der Waals surface area contributed by atoms with Crippen LogP contribution in [0.2, 0.25) is 0 Å².